The van der Waals surface area contributed by atoms with Crippen molar-refractivity contribution in [2.75, 3.05) is 31.5 Å². The van der Waals surface area contributed by atoms with E-state index in [4.69, 9.17) is 11.6 Å². The molecule has 0 spiro atoms. The average Bonchev–Trinajstić information content (AvgIpc) is 2.97. The third-order valence-electron chi connectivity index (χ3n) is 4.55. The lowest BCUT2D eigenvalue weighted by Gasteiger charge is -2.35. The van der Waals surface area contributed by atoms with Crippen LogP contribution in [0, 0.1) is 13.8 Å². The molecule has 1 aliphatic rings. The molecule has 1 atom stereocenters. The van der Waals surface area contributed by atoms with Crippen LogP contribution in [0.2, 0.25) is 5.02 Å². The van der Waals surface area contributed by atoms with Crippen LogP contribution in [0.1, 0.15) is 23.0 Å². The number of amides is 1. The first-order valence-corrected chi connectivity index (χ1v) is 8.82. The topological polar surface area (TPSA) is 62.2 Å². The Morgan fingerprint density at radius 3 is 2.85 bits per heavy atom. The zero-order chi connectivity index (χ0) is 18.0. The number of rotatable bonds is 4. The minimum absolute atomic E-state index is 0. The Labute approximate surface area is 165 Å². The summed E-state index contributed by atoms with van der Waals surface area (Å²) >= 11 is 6.30. The summed E-state index contributed by atoms with van der Waals surface area (Å²) in [6.07, 6.45) is 3.72. The highest BCUT2D eigenvalue weighted by atomic mass is 35.5. The van der Waals surface area contributed by atoms with E-state index in [9.17, 15) is 4.79 Å². The molecule has 1 fully saturated rings. The highest BCUT2D eigenvalue weighted by molar-refractivity contribution is 6.34. The molecular formula is C18H25Cl2N5O. The van der Waals surface area contributed by atoms with Gasteiger partial charge in [0, 0.05) is 39.1 Å². The first-order chi connectivity index (χ1) is 12.0. The van der Waals surface area contributed by atoms with Gasteiger partial charge in [0.25, 0.3) is 0 Å². The minimum atomic E-state index is -0.0602. The summed E-state index contributed by atoms with van der Waals surface area (Å²) in [7, 11) is 1.98. The smallest absolute Gasteiger partial charge is 0.238 e. The summed E-state index contributed by atoms with van der Waals surface area (Å²) < 4.78 is 2.00. The number of carbonyl (C=O) groups excluding carboxylic acids is 1. The molecule has 26 heavy (non-hydrogen) atoms. The summed E-state index contributed by atoms with van der Waals surface area (Å²) in [5.41, 5.74) is 2.75. The maximum Gasteiger partial charge on any atom is 0.238 e. The van der Waals surface area contributed by atoms with E-state index < -0.39 is 0 Å². The Kier molecular flexibility index (Phi) is 7.06. The maximum absolute atomic E-state index is 12.6. The molecule has 1 aromatic carbocycles. The molecule has 1 aliphatic heterocycles. The Bertz CT molecular complexity index is 754. The first kappa shape index (κ1) is 20.7. The van der Waals surface area contributed by atoms with Crippen molar-refractivity contribution in [3.8, 4) is 0 Å². The highest BCUT2D eigenvalue weighted by Crippen LogP contribution is 2.27. The molecule has 0 aliphatic carbocycles. The molecule has 2 heterocycles. The third kappa shape index (κ3) is 4.57. The van der Waals surface area contributed by atoms with Gasteiger partial charge in [-0.15, -0.1) is 12.4 Å². The predicted octanol–water partition coefficient (Wildman–Crippen LogP) is 2.70. The van der Waals surface area contributed by atoms with E-state index in [1.54, 1.807) is 6.20 Å². The van der Waals surface area contributed by atoms with E-state index in [1.807, 2.05) is 43.8 Å². The van der Waals surface area contributed by atoms with Crippen molar-refractivity contribution in [2.45, 2.75) is 19.9 Å². The normalized spacial score (nSPS) is 17.6. The number of aromatic nitrogens is 2. The number of piperazine rings is 1. The number of anilines is 1. The van der Waals surface area contributed by atoms with Crippen LogP contribution in [-0.4, -0.2) is 46.5 Å². The molecule has 0 saturated carbocycles. The van der Waals surface area contributed by atoms with Crippen LogP contribution in [0.4, 0.5) is 5.69 Å². The van der Waals surface area contributed by atoms with E-state index in [0.717, 1.165) is 36.6 Å². The summed E-state index contributed by atoms with van der Waals surface area (Å²) in [4.78, 5) is 19.2. The van der Waals surface area contributed by atoms with Crippen molar-refractivity contribution < 1.29 is 4.79 Å². The number of carbonyl (C=O) groups is 1. The number of nitrogens with one attached hydrogen (secondary N) is 2. The number of benzene rings is 1. The molecule has 3 rings (SSSR count). The Balaban J connectivity index is 0.00000243. The largest absolute Gasteiger partial charge is 0.337 e. The van der Waals surface area contributed by atoms with Gasteiger partial charge < -0.3 is 15.2 Å². The molecule has 2 N–H and O–H groups in total. The van der Waals surface area contributed by atoms with Crippen molar-refractivity contribution in [2.24, 2.45) is 7.05 Å². The summed E-state index contributed by atoms with van der Waals surface area (Å²) in [6, 6.07) is 3.96. The monoisotopic (exact) mass is 397 g/mol. The molecule has 6 nitrogen and oxygen atoms in total. The van der Waals surface area contributed by atoms with Gasteiger partial charge in [0.05, 0.1) is 23.3 Å². The first-order valence-electron chi connectivity index (χ1n) is 8.44. The number of nitrogens with zero attached hydrogens (tertiary/aromatic N) is 3. The quantitative estimate of drug-likeness (QED) is 0.832. The van der Waals surface area contributed by atoms with Crippen LogP contribution >= 0.6 is 24.0 Å². The highest BCUT2D eigenvalue weighted by Gasteiger charge is 2.28. The van der Waals surface area contributed by atoms with E-state index in [2.05, 4.69) is 20.5 Å². The van der Waals surface area contributed by atoms with Gasteiger partial charge in [-0.2, -0.15) is 0 Å². The lowest BCUT2D eigenvalue weighted by molar-refractivity contribution is -0.118. The molecule has 0 bridgehead atoms. The molecule has 2 aromatic rings. The van der Waals surface area contributed by atoms with Crippen molar-refractivity contribution in [1.82, 2.24) is 19.8 Å². The third-order valence-corrected chi connectivity index (χ3v) is 4.85. The van der Waals surface area contributed by atoms with Gasteiger partial charge in [-0.1, -0.05) is 17.7 Å². The lowest BCUT2D eigenvalue weighted by atomic mass is 10.1. The van der Waals surface area contributed by atoms with Gasteiger partial charge in [-0.3, -0.25) is 9.69 Å². The van der Waals surface area contributed by atoms with Crippen LogP contribution in [0.15, 0.2) is 24.5 Å². The molecule has 142 valence electrons. The SMILES string of the molecule is Cc1cc(C)c(NC(=O)CN2CCNCC2c2nccn2C)c(Cl)c1.Cl. The van der Waals surface area contributed by atoms with Crippen LogP contribution in [0.25, 0.3) is 0 Å². The second-order valence-electron chi connectivity index (χ2n) is 6.57. The fraction of sp³-hybridized carbons (Fsp3) is 0.444. The summed E-state index contributed by atoms with van der Waals surface area (Å²) in [5.74, 6) is 0.902. The average molecular weight is 398 g/mol. The zero-order valence-electron chi connectivity index (χ0n) is 15.3. The summed E-state index contributed by atoms with van der Waals surface area (Å²) in [6.45, 7) is 6.69. The van der Waals surface area contributed by atoms with E-state index in [-0.39, 0.29) is 24.4 Å². The van der Waals surface area contributed by atoms with Crippen molar-refractivity contribution in [3.63, 3.8) is 0 Å². The fourth-order valence-corrected chi connectivity index (χ4v) is 3.69. The van der Waals surface area contributed by atoms with Crippen molar-refractivity contribution in [1.29, 1.82) is 0 Å². The molecule has 1 unspecified atom stereocenters. The van der Waals surface area contributed by atoms with Gasteiger partial charge in [-0.05, 0) is 31.0 Å². The molecule has 0 radical (unpaired) electrons. The summed E-state index contributed by atoms with van der Waals surface area (Å²) in [5, 5.41) is 6.93. The van der Waals surface area contributed by atoms with Gasteiger partial charge in [0.1, 0.15) is 5.82 Å². The van der Waals surface area contributed by atoms with E-state index >= 15 is 0 Å². The molecule has 1 amide bonds. The fourth-order valence-electron chi connectivity index (χ4n) is 3.33. The van der Waals surface area contributed by atoms with Crippen LogP contribution in [0.5, 0.6) is 0 Å². The lowest BCUT2D eigenvalue weighted by Crippen LogP contribution is -2.49. The zero-order valence-corrected chi connectivity index (χ0v) is 16.8. The molecule has 1 saturated heterocycles. The van der Waals surface area contributed by atoms with Gasteiger partial charge in [0.15, 0.2) is 0 Å². The van der Waals surface area contributed by atoms with Crippen LogP contribution in [0.3, 0.4) is 0 Å². The van der Waals surface area contributed by atoms with Crippen molar-refractivity contribution in [3.05, 3.63) is 46.5 Å². The Hall–Kier alpha value is -1.60. The van der Waals surface area contributed by atoms with Crippen LogP contribution in [-0.2, 0) is 11.8 Å². The second kappa shape index (κ2) is 8.86. The number of hydrogen-bond acceptors (Lipinski definition) is 4. The van der Waals surface area contributed by atoms with Gasteiger partial charge in [0.2, 0.25) is 5.91 Å². The Morgan fingerprint density at radius 1 is 1.42 bits per heavy atom. The van der Waals surface area contributed by atoms with E-state index in [0.29, 0.717) is 17.3 Å². The Morgan fingerprint density at radius 2 is 2.19 bits per heavy atom. The minimum Gasteiger partial charge on any atom is -0.337 e. The molecule has 1 aromatic heterocycles. The molecule has 8 heteroatoms. The van der Waals surface area contributed by atoms with Gasteiger partial charge in [-0.25, -0.2) is 4.98 Å². The van der Waals surface area contributed by atoms with Crippen LogP contribution < -0.4 is 10.6 Å². The maximum atomic E-state index is 12.6. The predicted molar refractivity (Wildman–Crippen MR) is 107 cm³/mol. The van der Waals surface area contributed by atoms with Crippen molar-refractivity contribution >= 4 is 35.6 Å². The number of imidazole rings is 1. The van der Waals surface area contributed by atoms with E-state index in [1.165, 1.54) is 0 Å². The van der Waals surface area contributed by atoms with Gasteiger partial charge >= 0.3 is 0 Å². The second-order valence-corrected chi connectivity index (χ2v) is 6.98. The number of halogens is 2. The molecular weight excluding hydrogens is 373 g/mol. The standard InChI is InChI=1S/C18H24ClN5O.ClH/c1-12-8-13(2)17(14(19)9-12)22-16(25)11-24-7-4-20-10-15(24)18-21-5-6-23(18)3;/h5-6,8-9,15,20H,4,7,10-11H2,1-3H3,(H,22,25);1H. The number of aryl methyl sites for hydroxylation is 3. The number of hydrogen-bond donors (Lipinski definition) is 2.